The van der Waals surface area contributed by atoms with Gasteiger partial charge in [-0.25, -0.2) is 9.37 Å². The molecule has 0 fully saturated rings. The van der Waals surface area contributed by atoms with E-state index in [-0.39, 0.29) is 5.82 Å². The molecule has 3 aromatic rings. The van der Waals surface area contributed by atoms with E-state index in [4.69, 9.17) is 5.73 Å². The molecule has 0 atom stereocenters. The molecule has 0 saturated carbocycles. The summed E-state index contributed by atoms with van der Waals surface area (Å²) < 4.78 is 15.0. The quantitative estimate of drug-likeness (QED) is 0.763. The first kappa shape index (κ1) is 11.7. The predicted octanol–water partition coefficient (Wildman–Crippen LogP) is 3.31. The molecule has 3 nitrogen and oxygen atoms in total. The highest BCUT2D eigenvalue weighted by Gasteiger charge is 2.10. The highest BCUT2D eigenvalue weighted by molar-refractivity contribution is 5.80. The van der Waals surface area contributed by atoms with Gasteiger partial charge in [0.1, 0.15) is 5.82 Å². The maximum absolute atomic E-state index is 13.2. The molecule has 0 amide bonds. The Bertz CT molecular complexity index is 729. The third-order valence-corrected chi connectivity index (χ3v) is 3.25. The van der Waals surface area contributed by atoms with Crippen LogP contribution < -0.4 is 5.73 Å². The van der Waals surface area contributed by atoms with E-state index in [0.717, 1.165) is 17.6 Å². The fourth-order valence-electron chi connectivity index (χ4n) is 2.22. The molecule has 1 heterocycles. The third-order valence-electron chi connectivity index (χ3n) is 3.25. The van der Waals surface area contributed by atoms with Gasteiger partial charge in [0.05, 0.1) is 11.0 Å². The molecular formula is C15H14FN3. The molecule has 19 heavy (non-hydrogen) atoms. The van der Waals surface area contributed by atoms with Crippen molar-refractivity contribution in [2.24, 2.45) is 0 Å². The Labute approximate surface area is 110 Å². The summed E-state index contributed by atoms with van der Waals surface area (Å²) in [6.07, 6.45) is 0.992. The lowest BCUT2D eigenvalue weighted by Crippen LogP contribution is -2.00. The van der Waals surface area contributed by atoms with Gasteiger partial charge in [-0.1, -0.05) is 19.1 Å². The molecule has 0 saturated heterocycles. The van der Waals surface area contributed by atoms with Gasteiger partial charge in [-0.05, 0) is 36.2 Å². The Morgan fingerprint density at radius 1 is 1.16 bits per heavy atom. The molecular weight excluding hydrogens is 241 g/mol. The fourth-order valence-corrected chi connectivity index (χ4v) is 2.22. The second-order valence-corrected chi connectivity index (χ2v) is 4.46. The van der Waals surface area contributed by atoms with E-state index in [9.17, 15) is 4.39 Å². The summed E-state index contributed by atoms with van der Waals surface area (Å²) in [6.45, 7) is 2.11. The Hall–Kier alpha value is -2.36. The van der Waals surface area contributed by atoms with Crippen molar-refractivity contribution in [3.63, 3.8) is 0 Å². The Morgan fingerprint density at radius 3 is 2.58 bits per heavy atom. The van der Waals surface area contributed by atoms with Crippen LogP contribution in [0.1, 0.15) is 12.5 Å². The lowest BCUT2D eigenvalue weighted by atomic mass is 10.1. The average Bonchev–Trinajstić information content (AvgIpc) is 2.74. The molecule has 2 aromatic carbocycles. The van der Waals surface area contributed by atoms with Gasteiger partial charge in [0.15, 0.2) is 0 Å². The molecule has 96 valence electrons. The van der Waals surface area contributed by atoms with Crippen LogP contribution in [0.2, 0.25) is 0 Å². The van der Waals surface area contributed by atoms with Crippen molar-refractivity contribution >= 4 is 17.0 Å². The van der Waals surface area contributed by atoms with Crippen LogP contribution in [0, 0.1) is 5.82 Å². The number of benzene rings is 2. The Balaban J connectivity index is 2.20. The number of nitrogens with zero attached hydrogens (tertiary/aromatic N) is 2. The Morgan fingerprint density at radius 2 is 1.89 bits per heavy atom. The molecule has 0 aliphatic heterocycles. The number of anilines is 1. The van der Waals surface area contributed by atoms with E-state index in [1.165, 1.54) is 17.7 Å². The van der Waals surface area contributed by atoms with Crippen LogP contribution in [-0.4, -0.2) is 9.55 Å². The molecule has 0 aliphatic rings. The normalized spacial score (nSPS) is 11.1. The number of imidazole rings is 1. The maximum atomic E-state index is 13.2. The van der Waals surface area contributed by atoms with Gasteiger partial charge in [-0.2, -0.15) is 0 Å². The van der Waals surface area contributed by atoms with Gasteiger partial charge < -0.3 is 5.73 Å². The molecule has 0 spiro atoms. The van der Waals surface area contributed by atoms with Gasteiger partial charge in [0.2, 0.25) is 5.95 Å². The van der Waals surface area contributed by atoms with Gasteiger partial charge in [0.25, 0.3) is 0 Å². The van der Waals surface area contributed by atoms with Crippen molar-refractivity contribution in [3.05, 3.63) is 53.8 Å². The number of hydrogen-bond donors (Lipinski definition) is 1. The smallest absolute Gasteiger partial charge is 0.205 e. The predicted molar refractivity (Wildman–Crippen MR) is 74.8 cm³/mol. The molecule has 0 bridgehead atoms. The number of nitrogens with two attached hydrogens (primary N) is 1. The minimum absolute atomic E-state index is 0.307. The average molecular weight is 255 g/mol. The largest absolute Gasteiger partial charge is 0.369 e. The van der Waals surface area contributed by atoms with E-state index < -0.39 is 0 Å². The van der Waals surface area contributed by atoms with Crippen LogP contribution in [-0.2, 0) is 6.42 Å². The third kappa shape index (κ3) is 1.95. The van der Waals surface area contributed by atoms with Gasteiger partial charge >= 0.3 is 0 Å². The molecule has 2 N–H and O–H groups in total. The van der Waals surface area contributed by atoms with E-state index in [1.54, 1.807) is 6.07 Å². The number of halogens is 1. The molecule has 4 heteroatoms. The van der Waals surface area contributed by atoms with Gasteiger partial charge in [-0.3, -0.25) is 4.57 Å². The Kier molecular flexibility index (Phi) is 2.71. The van der Waals surface area contributed by atoms with Crippen molar-refractivity contribution in [1.29, 1.82) is 0 Å². The second-order valence-electron chi connectivity index (χ2n) is 4.46. The number of hydrogen-bond acceptors (Lipinski definition) is 2. The summed E-state index contributed by atoms with van der Waals surface area (Å²) in [5.41, 5.74) is 9.51. The lowest BCUT2D eigenvalue weighted by Gasteiger charge is -2.07. The number of nitrogen functional groups attached to an aromatic ring is 1. The second kappa shape index (κ2) is 4.39. The molecule has 0 radical (unpaired) electrons. The lowest BCUT2D eigenvalue weighted by molar-refractivity contribution is 0.629. The van der Waals surface area contributed by atoms with Crippen molar-refractivity contribution in [3.8, 4) is 5.69 Å². The highest BCUT2D eigenvalue weighted by Crippen LogP contribution is 2.23. The topological polar surface area (TPSA) is 43.8 Å². The van der Waals surface area contributed by atoms with Crippen LogP contribution >= 0.6 is 0 Å². The number of fused-ring (bicyclic) bond motifs is 1. The van der Waals surface area contributed by atoms with Crippen LogP contribution in [0.4, 0.5) is 10.3 Å². The minimum Gasteiger partial charge on any atom is -0.369 e. The number of aryl methyl sites for hydroxylation is 1. The molecule has 1 aromatic heterocycles. The first-order valence-corrected chi connectivity index (χ1v) is 6.22. The van der Waals surface area contributed by atoms with Crippen molar-refractivity contribution in [2.45, 2.75) is 13.3 Å². The molecule has 0 unspecified atom stereocenters. The van der Waals surface area contributed by atoms with Gasteiger partial charge in [0, 0.05) is 11.8 Å². The first-order chi connectivity index (χ1) is 9.19. The van der Waals surface area contributed by atoms with Crippen molar-refractivity contribution in [2.75, 3.05) is 5.73 Å². The first-order valence-electron chi connectivity index (χ1n) is 6.22. The fraction of sp³-hybridized carbons (Fsp3) is 0.133. The zero-order chi connectivity index (χ0) is 13.4. The summed E-state index contributed by atoms with van der Waals surface area (Å²) in [7, 11) is 0. The molecule has 0 aliphatic carbocycles. The summed E-state index contributed by atoms with van der Waals surface area (Å²) in [5.74, 6) is 0.0586. The zero-order valence-corrected chi connectivity index (χ0v) is 10.6. The SMILES string of the molecule is CCc1ccc(-n2c(N)nc3cc(F)ccc32)cc1. The van der Waals surface area contributed by atoms with Crippen LogP contribution in [0.3, 0.4) is 0 Å². The van der Waals surface area contributed by atoms with Crippen LogP contribution in [0.15, 0.2) is 42.5 Å². The van der Waals surface area contributed by atoms with E-state index in [0.29, 0.717) is 11.5 Å². The standard InChI is InChI=1S/C15H14FN3/c1-2-10-3-6-12(7-4-10)19-14-8-5-11(16)9-13(14)18-15(19)17/h3-9H,2H2,1H3,(H2,17,18). The van der Waals surface area contributed by atoms with Crippen molar-refractivity contribution in [1.82, 2.24) is 9.55 Å². The monoisotopic (exact) mass is 255 g/mol. The van der Waals surface area contributed by atoms with Gasteiger partial charge in [-0.15, -0.1) is 0 Å². The van der Waals surface area contributed by atoms with Crippen LogP contribution in [0.25, 0.3) is 16.7 Å². The zero-order valence-electron chi connectivity index (χ0n) is 10.6. The number of aromatic nitrogens is 2. The molecule has 3 rings (SSSR count). The van der Waals surface area contributed by atoms with E-state index in [2.05, 4.69) is 24.0 Å². The number of rotatable bonds is 2. The van der Waals surface area contributed by atoms with E-state index in [1.807, 2.05) is 16.7 Å². The summed E-state index contributed by atoms with van der Waals surface area (Å²) in [4.78, 5) is 4.19. The summed E-state index contributed by atoms with van der Waals surface area (Å²) in [5, 5.41) is 0. The summed E-state index contributed by atoms with van der Waals surface area (Å²) >= 11 is 0. The maximum Gasteiger partial charge on any atom is 0.205 e. The van der Waals surface area contributed by atoms with Crippen molar-refractivity contribution < 1.29 is 4.39 Å². The highest BCUT2D eigenvalue weighted by atomic mass is 19.1. The van der Waals surface area contributed by atoms with E-state index >= 15 is 0 Å². The minimum atomic E-state index is -0.307. The van der Waals surface area contributed by atoms with Crippen LogP contribution in [0.5, 0.6) is 0 Å². The summed E-state index contributed by atoms with van der Waals surface area (Å²) in [6, 6.07) is 12.6.